The van der Waals surface area contributed by atoms with Gasteiger partial charge in [-0.25, -0.2) is 4.79 Å². The molecule has 5 heteroatoms. The van der Waals surface area contributed by atoms with Crippen molar-refractivity contribution in [3.8, 4) is 0 Å². The van der Waals surface area contributed by atoms with Crippen molar-refractivity contribution >= 4 is 11.8 Å². The van der Waals surface area contributed by atoms with Crippen LogP contribution in [0.15, 0.2) is 12.1 Å². The summed E-state index contributed by atoms with van der Waals surface area (Å²) in [5.41, 5.74) is 0.649. The number of hydrogen-bond acceptors (Lipinski definition) is 5. The molecule has 1 saturated carbocycles. The second-order valence-corrected chi connectivity index (χ2v) is 5.17. The third kappa shape index (κ3) is 2.60. The highest BCUT2D eigenvalue weighted by molar-refractivity contribution is 5.86. The van der Waals surface area contributed by atoms with Crippen LogP contribution in [0.3, 0.4) is 0 Å². The second kappa shape index (κ2) is 4.92. The summed E-state index contributed by atoms with van der Waals surface area (Å²) in [7, 11) is 1.33. The summed E-state index contributed by atoms with van der Waals surface area (Å²) < 4.78 is 4.57. The van der Waals surface area contributed by atoms with Crippen molar-refractivity contribution in [1.29, 1.82) is 0 Å². The zero-order chi connectivity index (χ0) is 13.2. The van der Waals surface area contributed by atoms with Crippen LogP contribution in [-0.4, -0.2) is 29.8 Å². The quantitative estimate of drug-likeness (QED) is 0.810. The molecule has 98 valence electrons. The van der Waals surface area contributed by atoms with Crippen LogP contribution in [0, 0.1) is 11.3 Å². The molecule has 1 N–H and O–H groups in total. The monoisotopic (exact) mass is 249 g/mol. The first-order valence-corrected chi connectivity index (χ1v) is 6.23. The van der Waals surface area contributed by atoms with E-state index in [9.17, 15) is 4.79 Å². The Hall–Kier alpha value is -1.65. The number of methoxy groups -OCH3 is 1. The van der Waals surface area contributed by atoms with Gasteiger partial charge >= 0.3 is 5.97 Å². The lowest BCUT2D eigenvalue weighted by Crippen LogP contribution is -2.21. The lowest BCUT2D eigenvalue weighted by Gasteiger charge is -2.20. The first-order chi connectivity index (χ1) is 8.57. The topological polar surface area (TPSA) is 64.1 Å². The van der Waals surface area contributed by atoms with E-state index in [4.69, 9.17) is 0 Å². The number of ether oxygens (including phenoxy) is 1. The standard InChI is InChI=1S/C13H19N3O2/c1-9(2)13(6-7-13)8-14-11-5-4-10(15-16-11)12(17)18-3/h4-5,9H,6-8H2,1-3H3,(H,14,16). The summed E-state index contributed by atoms with van der Waals surface area (Å²) in [4.78, 5) is 11.2. The molecule has 0 radical (unpaired) electrons. The van der Waals surface area contributed by atoms with E-state index < -0.39 is 5.97 Å². The van der Waals surface area contributed by atoms with Gasteiger partial charge in [0, 0.05) is 6.54 Å². The Morgan fingerprint density at radius 2 is 2.17 bits per heavy atom. The van der Waals surface area contributed by atoms with E-state index in [1.165, 1.54) is 20.0 Å². The van der Waals surface area contributed by atoms with Crippen LogP contribution >= 0.6 is 0 Å². The molecule has 1 aliphatic carbocycles. The minimum absolute atomic E-state index is 0.230. The molecule has 1 aromatic heterocycles. The summed E-state index contributed by atoms with van der Waals surface area (Å²) in [6.07, 6.45) is 2.54. The molecule has 0 aromatic carbocycles. The van der Waals surface area contributed by atoms with Gasteiger partial charge in [0.1, 0.15) is 5.82 Å². The Bertz CT molecular complexity index is 424. The lowest BCUT2D eigenvalue weighted by atomic mass is 9.92. The van der Waals surface area contributed by atoms with E-state index in [-0.39, 0.29) is 5.69 Å². The maximum atomic E-state index is 11.2. The van der Waals surface area contributed by atoms with Crippen molar-refractivity contribution in [1.82, 2.24) is 10.2 Å². The van der Waals surface area contributed by atoms with E-state index in [1.807, 2.05) is 0 Å². The highest BCUT2D eigenvalue weighted by Crippen LogP contribution is 2.51. The lowest BCUT2D eigenvalue weighted by molar-refractivity contribution is 0.0593. The number of hydrogen-bond donors (Lipinski definition) is 1. The van der Waals surface area contributed by atoms with E-state index in [2.05, 4.69) is 34.1 Å². The molecule has 1 heterocycles. The molecule has 1 aliphatic rings. The molecule has 0 saturated heterocycles. The van der Waals surface area contributed by atoms with Crippen LogP contribution in [0.25, 0.3) is 0 Å². The minimum Gasteiger partial charge on any atom is -0.464 e. The third-order valence-electron chi connectivity index (χ3n) is 3.80. The number of aromatic nitrogens is 2. The highest BCUT2D eigenvalue weighted by Gasteiger charge is 2.44. The average Bonchev–Trinajstić information content (AvgIpc) is 3.17. The number of esters is 1. The minimum atomic E-state index is -0.463. The number of carbonyl (C=O) groups is 1. The van der Waals surface area contributed by atoms with Crippen molar-refractivity contribution in [3.05, 3.63) is 17.8 Å². The van der Waals surface area contributed by atoms with Gasteiger partial charge in [-0.2, -0.15) is 0 Å². The molecule has 0 aliphatic heterocycles. The molecule has 1 fully saturated rings. The Morgan fingerprint density at radius 3 is 2.61 bits per heavy atom. The van der Waals surface area contributed by atoms with Gasteiger partial charge in [0.15, 0.2) is 5.69 Å². The van der Waals surface area contributed by atoms with Gasteiger partial charge in [0.2, 0.25) is 0 Å². The fourth-order valence-electron chi connectivity index (χ4n) is 2.03. The van der Waals surface area contributed by atoms with Gasteiger partial charge in [0.05, 0.1) is 7.11 Å². The predicted octanol–water partition coefficient (Wildman–Crippen LogP) is 2.11. The molecular weight excluding hydrogens is 230 g/mol. The number of nitrogens with zero attached hydrogens (tertiary/aromatic N) is 2. The number of carbonyl (C=O) groups excluding carboxylic acids is 1. The highest BCUT2D eigenvalue weighted by atomic mass is 16.5. The Morgan fingerprint density at radius 1 is 1.44 bits per heavy atom. The van der Waals surface area contributed by atoms with Crippen molar-refractivity contribution in [3.63, 3.8) is 0 Å². The molecule has 0 bridgehead atoms. The smallest absolute Gasteiger partial charge is 0.358 e. The van der Waals surface area contributed by atoms with E-state index in [0.29, 0.717) is 17.2 Å². The molecule has 5 nitrogen and oxygen atoms in total. The van der Waals surface area contributed by atoms with Crippen LogP contribution < -0.4 is 5.32 Å². The van der Waals surface area contributed by atoms with Crippen LogP contribution in [0.2, 0.25) is 0 Å². The first kappa shape index (κ1) is 12.8. The zero-order valence-electron chi connectivity index (χ0n) is 11.1. The third-order valence-corrected chi connectivity index (χ3v) is 3.80. The number of anilines is 1. The Labute approximate surface area is 107 Å². The van der Waals surface area contributed by atoms with Crippen LogP contribution in [0.4, 0.5) is 5.82 Å². The SMILES string of the molecule is COC(=O)c1ccc(NCC2(C(C)C)CC2)nn1. The van der Waals surface area contributed by atoms with Gasteiger partial charge < -0.3 is 10.1 Å². The van der Waals surface area contributed by atoms with E-state index in [1.54, 1.807) is 12.1 Å². The molecule has 1 aromatic rings. The van der Waals surface area contributed by atoms with Gasteiger partial charge in [-0.05, 0) is 36.3 Å². The average molecular weight is 249 g/mol. The number of nitrogens with one attached hydrogen (secondary N) is 1. The van der Waals surface area contributed by atoms with Crippen molar-refractivity contribution in [2.24, 2.45) is 11.3 Å². The summed E-state index contributed by atoms with van der Waals surface area (Å²) in [6, 6.07) is 3.38. The van der Waals surface area contributed by atoms with E-state index in [0.717, 1.165) is 6.54 Å². The van der Waals surface area contributed by atoms with Gasteiger partial charge in [-0.15, -0.1) is 10.2 Å². The maximum Gasteiger partial charge on any atom is 0.358 e. The molecule has 18 heavy (non-hydrogen) atoms. The fourth-order valence-corrected chi connectivity index (χ4v) is 2.03. The van der Waals surface area contributed by atoms with Gasteiger partial charge in [0.25, 0.3) is 0 Å². The summed E-state index contributed by atoms with van der Waals surface area (Å²) in [5.74, 6) is 0.914. The molecular formula is C13H19N3O2. The first-order valence-electron chi connectivity index (χ1n) is 6.23. The maximum absolute atomic E-state index is 11.2. The second-order valence-electron chi connectivity index (χ2n) is 5.17. The molecule has 2 rings (SSSR count). The predicted molar refractivity (Wildman–Crippen MR) is 68.4 cm³/mol. The molecule has 0 atom stereocenters. The van der Waals surface area contributed by atoms with Crippen LogP contribution in [0.1, 0.15) is 37.2 Å². The van der Waals surface area contributed by atoms with E-state index >= 15 is 0 Å². The van der Waals surface area contributed by atoms with Crippen LogP contribution in [0.5, 0.6) is 0 Å². The summed E-state index contributed by atoms with van der Waals surface area (Å²) in [5, 5.41) is 11.1. The normalized spacial score (nSPS) is 16.4. The van der Waals surface area contributed by atoms with Crippen LogP contribution in [-0.2, 0) is 4.74 Å². The van der Waals surface area contributed by atoms with Gasteiger partial charge in [-0.1, -0.05) is 13.8 Å². The summed E-state index contributed by atoms with van der Waals surface area (Å²) in [6.45, 7) is 5.42. The van der Waals surface area contributed by atoms with Gasteiger partial charge in [-0.3, -0.25) is 0 Å². The Balaban J connectivity index is 1.93. The molecule has 0 unspecified atom stereocenters. The van der Waals surface area contributed by atoms with Crippen molar-refractivity contribution in [2.75, 3.05) is 19.0 Å². The number of rotatable bonds is 5. The molecule has 0 spiro atoms. The van der Waals surface area contributed by atoms with Crippen molar-refractivity contribution in [2.45, 2.75) is 26.7 Å². The Kier molecular flexibility index (Phi) is 3.50. The fraction of sp³-hybridized carbons (Fsp3) is 0.615. The van der Waals surface area contributed by atoms with Crippen molar-refractivity contribution < 1.29 is 9.53 Å². The molecule has 0 amide bonds. The largest absolute Gasteiger partial charge is 0.464 e. The zero-order valence-corrected chi connectivity index (χ0v) is 11.1. The summed E-state index contributed by atoms with van der Waals surface area (Å²) >= 11 is 0.